The second-order valence-corrected chi connectivity index (χ2v) is 3.76. The molecule has 0 aliphatic heterocycles. The molecule has 0 aliphatic rings. The van der Waals surface area contributed by atoms with Crippen molar-refractivity contribution in [3.8, 4) is 5.82 Å². The van der Waals surface area contributed by atoms with E-state index in [9.17, 15) is 0 Å². The Balaban J connectivity index is 2.52. The molecule has 0 amide bonds. The van der Waals surface area contributed by atoms with Crippen molar-refractivity contribution in [3.63, 3.8) is 0 Å². The largest absolute Gasteiger partial charge is 0.366 e. The van der Waals surface area contributed by atoms with E-state index in [0.717, 1.165) is 15.9 Å². The molecule has 2 aromatic heterocycles. The molecule has 0 atom stereocenters. The highest BCUT2D eigenvalue weighted by Gasteiger charge is 2.04. The van der Waals surface area contributed by atoms with Crippen LogP contribution in [0.4, 0.5) is 5.95 Å². The Bertz CT molecular complexity index is 465. The molecule has 0 aliphatic carbocycles. The fourth-order valence-electron chi connectivity index (χ4n) is 1.15. The van der Waals surface area contributed by atoms with Crippen molar-refractivity contribution in [1.82, 2.24) is 19.7 Å². The molecule has 0 aromatic carbocycles. The number of aromatic nitrogens is 4. The number of hydrogen-bond acceptors (Lipinski definition) is 4. The minimum absolute atomic E-state index is 0.245. The van der Waals surface area contributed by atoms with Crippen molar-refractivity contribution >= 4 is 21.9 Å². The molecule has 2 N–H and O–H groups in total. The number of nitrogens with two attached hydrogens (primary N) is 1. The number of nitrogens with zero attached hydrogens (tertiary/aromatic N) is 4. The van der Waals surface area contributed by atoms with Gasteiger partial charge in [-0.25, -0.2) is 14.6 Å². The zero-order valence-corrected chi connectivity index (χ0v) is 9.06. The molecule has 0 radical (unpaired) electrons. The van der Waals surface area contributed by atoms with Crippen LogP contribution in [0.3, 0.4) is 0 Å². The molecule has 2 aromatic rings. The van der Waals surface area contributed by atoms with Gasteiger partial charge in [-0.15, -0.1) is 5.10 Å². The molecule has 14 heavy (non-hydrogen) atoms. The zero-order chi connectivity index (χ0) is 10.1. The molecule has 72 valence electrons. The first-order valence-corrected chi connectivity index (χ1v) is 4.76. The maximum atomic E-state index is 5.42. The summed E-state index contributed by atoms with van der Waals surface area (Å²) in [7, 11) is 0. The van der Waals surface area contributed by atoms with Gasteiger partial charge in [0.1, 0.15) is 6.33 Å². The third-order valence-electron chi connectivity index (χ3n) is 1.74. The van der Waals surface area contributed by atoms with Crippen molar-refractivity contribution in [2.45, 2.75) is 6.92 Å². The number of pyridine rings is 1. The van der Waals surface area contributed by atoms with Gasteiger partial charge < -0.3 is 5.73 Å². The Morgan fingerprint density at radius 1 is 1.43 bits per heavy atom. The molecule has 6 heteroatoms. The second-order valence-electron chi connectivity index (χ2n) is 2.84. The topological polar surface area (TPSA) is 69.6 Å². The Kier molecular flexibility index (Phi) is 2.20. The predicted octanol–water partition coefficient (Wildman–Crippen LogP) is 1.32. The van der Waals surface area contributed by atoms with Crippen LogP contribution in [0.1, 0.15) is 5.56 Å². The van der Waals surface area contributed by atoms with Gasteiger partial charge in [0.2, 0.25) is 5.95 Å². The molecule has 0 unspecified atom stereocenters. The van der Waals surface area contributed by atoms with E-state index in [0.29, 0.717) is 0 Å². The predicted molar refractivity (Wildman–Crippen MR) is 56.0 cm³/mol. The Morgan fingerprint density at radius 2 is 2.21 bits per heavy atom. The summed E-state index contributed by atoms with van der Waals surface area (Å²) in [6.07, 6.45) is 3.25. The number of aryl methyl sites for hydroxylation is 1. The number of rotatable bonds is 1. The number of nitrogen functional groups attached to an aromatic ring is 1. The molecule has 0 bridgehead atoms. The minimum atomic E-state index is 0.245. The first-order chi connectivity index (χ1) is 6.66. The molecular weight excluding hydrogens is 246 g/mol. The van der Waals surface area contributed by atoms with Gasteiger partial charge in [-0.2, -0.15) is 0 Å². The van der Waals surface area contributed by atoms with E-state index in [4.69, 9.17) is 5.73 Å². The second kappa shape index (κ2) is 3.38. The fourth-order valence-corrected chi connectivity index (χ4v) is 1.60. The van der Waals surface area contributed by atoms with Crippen LogP contribution in [0.15, 0.2) is 23.1 Å². The summed E-state index contributed by atoms with van der Waals surface area (Å²) < 4.78 is 2.49. The molecule has 0 saturated heterocycles. The van der Waals surface area contributed by atoms with Crippen LogP contribution < -0.4 is 5.73 Å². The third-order valence-corrected chi connectivity index (χ3v) is 2.18. The molecule has 0 fully saturated rings. The van der Waals surface area contributed by atoms with Crippen molar-refractivity contribution in [2.24, 2.45) is 0 Å². The highest BCUT2D eigenvalue weighted by Crippen LogP contribution is 2.15. The summed E-state index contributed by atoms with van der Waals surface area (Å²) >= 11 is 3.34. The van der Waals surface area contributed by atoms with Crippen molar-refractivity contribution in [1.29, 1.82) is 0 Å². The summed E-state index contributed by atoms with van der Waals surface area (Å²) in [5.74, 6) is 0.978. The molecule has 5 nitrogen and oxygen atoms in total. The highest BCUT2D eigenvalue weighted by molar-refractivity contribution is 9.10. The lowest BCUT2D eigenvalue weighted by atomic mass is 10.3. The first-order valence-electron chi connectivity index (χ1n) is 3.96. The van der Waals surface area contributed by atoms with Crippen LogP contribution in [-0.2, 0) is 0 Å². The summed E-state index contributed by atoms with van der Waals surface area (Å²) in [4.78, 5) is 8.05. The summed E-state index contributed by atoms with van der Waals surface area (Å²) in [5.41, 5.74) is 6.42. The van der Waals surface area contributed by atoms with E-state index in [2.05, 4.69) is 31.0 Å². The van der Waals surface area contributed by atoms with Crippen LogP contribution in [0.5, 0.6) is 0 Å². The molecule has 0 saturated carbocycles. The lowest BCUT2D eigenvalue weighted by Gasteiger charge is -2.03. The van der Waals surface area contributed by atoms with Gasteiger partial charge in [-0.05, 0) is 34.5 Å². The van der Waals surface area contributed by atoms with Crippen LogP contribution >= 0.6 is 15.9 Å². The zero-order valence-electron chi connectivity index (χ0n) is 7.48. The first kappa shape index (κ1) is 9.14. The van der Waals surface area contributed by atoms with E-state index in [1.807, 2.05) is 13.0 Å². The Hall–Kier alpha value is -1.43. The smallest absolute Gasteiger partial charge is 0.239 e. The number of hydrogen-bond donors (Lipinski definition) is 1. The van der Waals surface area contributed by atoms with Crippen LogP contribution in [0, 0.1) is 6.92 Å². The number of anilines is 1. The van der Waals surface area contributed by atoms with Crippen molar-refractivity contribution in [2.75, 3.05) is 5.73 Å². The quantitative estimate of drug-likeness (QED) is 0.833. The van der Waals surface area contributed by atoms with Gasteiger partial charge in [0.15, 0.2) is 5.82 Å². The van der Waals surface area contributed by atoms with E-state index < -0.39 is 0 Å². The fraction of sp³-hybridized carbons (Fsp3) is 0.125. The Morgan fingerprint density at radius 3 is 2.79 bits per heavy atom. The van der Waals surface area contributed by atoms with Crippen LogP contribution in [0.2, 0.25) is 0 Å². The summed E-state index contributed by atoms with van der Waals surface area (Å²) in [6, 6.07) is 1.96. The minimum Gasteiger partial charge on any atom is -0.366 e. The van der Waals surface area contributed by atoms with E-state index in [-0.39, 0.29) is 5.95 Å². The molecule has 2 heterocycles. The maximum Gasteiger partial charge on any atom is 0.239 e. The normalized spacial score (nSPS) is 10.4. The van der Waals surface area contributed by atoms with Crippen molar-refractivity contribution < 1.29 is 0 Å². The van der Waals surface area contributed by atoms with Crippen LogP contribution in [-0.4, -0.2) is 19.7 Å². The lowest BCUT2D eigenvalue weighted by molar-refractivity contribution is 0.839. The van der Waals surface area contributed by atoms with Crippen LogP contribution in [0.25, 0.3) is 5.82 Å². The van der Waals surface area contributed by atoms with Gasteiger partial charge in [0, 0.05) is 10.7 Å². The van der Waals surface area contributed by atoms with E-state index >= 15 is 0 Å². The van der Waals surface area contributed by atoms with Gasteiger partial charge in [0.25, 0.3) is 0 Å². The highest BCUT2D eigenvalue weighted by atomic mass is 79.9. The SMILES string of the molecule is Cc1cc(Br)cnc1-n1cnc(N)n1. The molecule has 0 spiro atoms. The average molecular weight is 254 g/mol. The number of halogens is 1. The van der Waals surface area contributed by atoms with Gasteiger partial charge >= 0.3 is 0 Å². The van der Waals surface area contributed by atoms with Gasteiger partial charge in [0.05, 0.1) is 0 Å². The van der Waals surface area contributed by atoms with Crippen molar-refractivity contribution in [3.05, 3.63) is 28.6 Å². The third kappa shape index (κ3) is 1.60. The lowest BCUT2D eigenvalue weighted by Crippen LogP contribution is -2.01. The maximum absolute atomic E-state index is 5.42. The summed E-state index contributed by atoms with van der Waals surface area (Å²) in [6.45, 7) is 1.95. The van der Waals surface area contributed by atoms with E-state index in [1.165, 1.54) is 0 Å². The summed E-state index contributed by atoms with van der Waals surface area (Å²) in [5, 5.41) is 3.98. The molecule has 2 rings (SSSR count). The molecular formula is C8H8BrN5. The Labute approximate surface area is 89.1 Å². The van der Waals surface area contributed by atoms with E-state index in [1.54, 1.807) is 17.2 Å². The average Bonchev–Trinajstić information content (AvgIpc) is 2.51. The van der Waals surface area contributed by atoms with Gasteiger partial charge in [-0.3, -0.25) is 0 Å². The van der Waals surface area contributed by atoms with Gasteiger partial charge in [-0.1, -0.05) is 0 Å². The monoisotopic (exact) mass is 253 g/mol. The standard InChI is InChI=1S/C8H8BrN5/c1-5-2-6(9)3-11-7(5)14-4-12-8(10)13-14/h2-4H,1H3,(H2,10,13).